The predicted octanol–water partition coefficient (Wildman–Crippen LogP) is 3.83. The molecule has 5 nitrogen and oxygen atoms in total. The summed E-state index contributed by atoms with van der Waals surface area (Å²) in [4.78, 5) is 22.7. The molecule has 2 N–H and O–H groups in total. The number of rotatable bonds is 5. The fourth-order valence-electron chi connectivity index (χ4n) is 2.12. The van der Waals surface area contributed by atoms with E-state index in [-0.39, 0.29) is 11.7 Å². The maximum atomic E-state index is 11.9. The number of hydrogen-bond donors (Lipinski definition) is 2. The number of amides is 1. The molecule has 2 aromatic heterocycles. The molecule has 7 heteroatoms. The minimum Gasteiger partial charge on any atom is -0.508 e. The molecule has 0 radical (unpaired) electrons. The minimum absolute atomic E-state index is 0.0881. The zero-order chi connectivity index (χ0) is 16.2. The van der Waals surface area contributed by atoms with Gasteiger partial charge >= 0.3 is 0 Å². The summed E-state index contributed by atoms with van der Waals surface area (Å²) in [6.07, 6.45) is 1.93. The number of phenols is 1. The Morgan fingerprint density at radius 2 is 2.22 bits per heavy atom. The molecule has 0 fully saturated rings. The molecule has 3 aromatic rings. The van der Waals surface area contributed by atoms with Crippen LogP contribution in [0.1, 0.15) is 11.3 Å². The highest BCUT2D eigenvalue weighted by molar-refractivity contribution is 7.99. The highest BCUT2D eigenvalue weighted by Gasteiger charge is 2.09. The van der Waals surface area contributed by atoms with Crippen LogP contribution in [0.4, 0.5) is 5.69 Å². The third-order valence-electron chi connectivity index (χ3n) is 3.11. The van der Waals surface area contributed by atoms with Gasteiger partial charge < -0.3 is 10.4 Å². The molecule has 0 aliphatic rings. The van der Waals surface area contributed by atoms with Crippen LogP contribution in [0.15, 0.2) is 41.7 Å². The fraction of sp³-hybridized carbons (Fsp3) is 0.188. The van der Waals surface area contributed by atoms with E-state index < -0.39 is 0 Å². The Bertz CT molecular complexity index is 848. The van der Waals surface area contributed by atoms with Crippen molar-refractivity contribution >= 4 is 44.9 Å². The van der Waals surface area contributed by atoms with Crippen LogP contribution in [-0.2, 0) is 4.79 Å². The molecular weight excluding hydrogens is 330 g/mol. The van der Waals surface area contributed by atoms with E-state index in [1.165, 1.54) is 10.9 Å². The minimum atomic E-state index is -0.0881. The van der Waals surface area contributed by atoms with Crippen molar-refractivity contribution in [2.24, 2.45) is 0 Å². The molecule has 3 rings (SSSR count). The molecule has 0 aliphatic carbocycles. The molecule has 0 aliphatic heterocycles. The van der Waals surface area contributed by atoms with Gasteiger partial charge in [-0.1, -0.05) is 6.07 Å². The first-order valence-electron chi connectivity index (χ1n) is 7.04. The summed E-state index contributed by atoms with van der Waals surface area (Å²) in [5, 5.41) is 14.1. The molecule has 118 valence electrons. The highest BCUT2D eigenvalue weighted by atomic mass is 32.2. The lowest BCUT2D eigenvalue weighted by Crippen LogP contribution is -2.12. The van der Waals surface area contributed by atoms with Gasteiger partial charge in [0.25, 0.3) is 0 Å². The molecule has 1 amide bonds. The van der Waals surface area contributed by atoms with Crippen molar-refractivity contribution in [2.75, 3.05) is 11.1 Å². The largest absolute Gasteiger partial charge is 0.508 e. The number of hydrogen-bond acceptors (Lipinski definition) is 6. The first kappa shape index (κ1) is 15.8. The van der Waals surface area contributed by atoms with Gasteiger partial charge in [0.1, 0.15) is 21.9 Å². The van der Waals surface area contributed by atoms with Crippen LogP contribution in [0.25, 0.3) is 10.2 Å². The van der Waals surface area contributed by atoms with Crippen molar-refractivity contribution in [3.8, 4) is 5.75 Å². The number of phenolic OH excluding ortho intramolecular Hbond substituents is 1. The van der Waals surface area contributed by atoms with Gasteiger partial charge in [0.15, 0.2) is 0 Å². The number of thiophene rings is 1. The van der Waals surface area contributed by atoms with Crippen molar-refractivity contribution < 1.29 is 9.90 Å². The van der Waals surface area contributed by atoms with Crippen molar-refractivity contribution in [2.45, 2.75) is 18.4 Å². The van der Waals surface area contributed by atoms with E-state index in [0.717, 1.165) is 15.2 Å². The van der Waals surface area contributed by atoms with Gasteiger partial charge in [0, 0.05) is 34.2 Å². The van der Waals surface area contributed by atoms with Gasteiger partial charge in [-0.2, -0.15) is 0 Å². The smallest absolute Gasteiger partial charge is 0.225 e. The lowest BCUT2D eigenvalue weighted by molar-refractivity contribution is -0.115. The topological polar surface area (TPSA) is 75.1 Å². The van der Waals surface area contributed by atoms with Gasteiger partial charge in [0.2, 0.25) is 5.91 Å². The Labute approximate surface area is 141 Å². The number of thioether (sulfide) groups is 1. The third-order valence-corrected chi connectivity index (χ3v) is 5.08. The molecule has 0 saturated heterocycles. The Hall–Kier alpha value is -2.12. The van der Waals surface area contributed by atoms with Crippen LogP contribution in [0.3, 0.4) is 0 Å². The SMILES string of the molecule is Cc1cc2c(SCCC(=O)Nc3cccc(O)c3)ncnc2s1. The third kappa shape index (κ3) is 4.00. The number of benzene rings is 1. The summed E-state index contributed by atoms with van der Waals surface area (Å²) in [5.74, 6) is 0.675. The second-order valence-corrected chi connectivity index (χ2v) is 7.27. The number of aryl methyl sites for hydroxylation is 1. The summed E-state index contributed by atoms with van der Waals surface area (Å²) >= 11 is 3.19. The van der Waals surface area contributed by atoms with Crippen LogP contribution in [0.2, 0.25) is 0 Å². The maximum absolute atomic E-state index is 11.9. The van der Waals surface area contributed by atoms with E-state index in [1.54, 1.807) is 47.6 Å². The summed E-state index contributed by atoms with van der Waals surface area (Å²) in [7, 11) is 0. The van der Waals surface area contributed by atoms with Gasteiger partial charge in [-0.3, -0.25) is 4.79 Å². The molecule has 0 atom stereocenters. The summed E-state index contributed by atoms with van der Waals surface area (Å²) < 4.78 is 0. The van der Waals surface area contributed by atoms with Crippen molar-refractivity contribution in [1.29, 1.82) is 0 Å². The summed E-state index contributed by atoms with van der Waals surface area (Å²) in [5.41, 5.74) is 0.595. The van der Waals surface area contributed by atoms with Crippen LogP contribution in [0, 0.1) is 6.92 Å². The molecular formula is C16H15N3O2S2. The fourth-order valence-corrected chi connectivity index (χ4v) is 3.94. The van der Waals surface area contributed by atoms with Crippen LogP contribution < -0.4 is 5.32 Å². The number of aromatic nitrogens is 2. The van der Waals surface area contributed by atoms with Crippen molar-refractivity contribution in [3.05, 3.63) is 41.5 Å². The molecule has 0 bridgehead atoms. The molecule has 0 saturated carbocycles. The first-order chi connectivity index (χ1) is 11.1. The van der Waals surface area contributed by atoms with Crippen molar-refractivity contribution in [3.63, 3.8) is 0 Å². The van der Waals surface area contributed by atoms with E-state index in [0.29, 0.717) is 17.9 Å². The van der Waals surface area contributed by atoms with E-state index in [9.17, 15) is 9.90 Å². The number of fused-ring (bicyclic) bond motifs is 1. The molecule has 0 spiro atoms. The number of carbonyl (C=O) groups excluding carboxylic acids is 1. The maximum Gasteiger partial charge on any atom is 0.225 e. The molecule has 0 unspecified atom stereocenters. The lowest BCUT2D eigenvalue weighted by atomic mass is 10.3. The van der Waals surface area contributed by atoms with E-state index in [4.69, 9.17) is 0 Å². The standard InChI is InChI=1S/C16H15N3O2S2/c1-10-7-13-15(17-9-18-16(13)23-10)22-6-5-14(21)19-11-3-2-4-12(20)8-11/h2-4,7-9,20H,5-6H2,1H3,(H,19,21). The first-order valence-corrected chi connectivity index (χ1v) is 8.85. The number of nitrogens with one attached hydrogen (secondary N) is 1. The zero-order valence-electron chi connectivity index (χ0n) is 12.4. The monoisotopic (exact) mass is 345 g/mol. The van der Waals surface area contributed by atoms with Gasteiger partial charge in [0.05, 0.1) is 0 Å². The Balaban J connectivity index is 1.57. The predicted molar refractivity (Wildman–Crippen MR) is 94.2 cm³/mol. The molecule has 23 heavy (non-hydrogen) atoms. The Morgan fingerprint density at radius 3 is 3.04 bits per heavy atom. The normalized spacial score (nSPS) is 10.8. The molecule has 1 aromatic carbocycles. The average molecular weight is 345 g/mol. The summed E-state index contributed by atoms with van der Waals surface area (Å²) in [6, 6.07) is 8.60. The Morgan fingerprint density at radius 1 is 1.35 bits per heavy atom. The summed E-state index contributed by atoms with van der Waals surface area (Å²) in [6.45, 7) is 2.05. The van der Waals surface area contributed by atoms with Crippen molar-refractivity contribution in [1.82, 2.24) is 9.97 Å². The second-order valence-electron chi connectivity index (χ2n) is 4.95. The number of anilines is 1. The number of carbonyl (C=O) groups is 1. The lowest BCUT2D eigenvalue weighted by Gasteiger charge is -2.05. The van der Waals surface area contributed by atoms with E-state index in [2.05, 4.69) is 21.4 Å². The highest BCUT2D eigenvalue weighted by Crippen LogP contribution is 2.30. The molecule has 2 heterocycles. The second kappa shape index (κ2) is 6.97. The van der Waals surface area contributed by atoms with E-state index in [1.807, 2.05) is 6.92 Å². The van der Waals surface area contributed by atoms with Crippen LogP contribution in [-0.4, -0.2) is 26.7 Å². The van der Waals surface area contributed by atoms with Gasteiger partial charge in [-0.05, 0) is 25.1 Å². The van der Waals surface area contributed by atoms with Crippen LogP contribution in [0.5, 0.6) is 5.75 Å². The Kier molecular flexibility index (Phi) is 4.78. The zero-order valence-corrected chi connectivity index (χ0v) is 14.1. The average Bonchev–Trinajstić information content (AvgIpc) is 2.88. The van der Waals surface area contributed by atoms with E-state index >= 15 is 0 Å². The quantitative estimate of drug-likeness (QED) is 0.543. The van der Waals surface area contributed by atoms with Gasteiger partial charge in [-0.25, -0.2) is 9.97 Å². The van der Waals surface area contributed by atoms with Crippen LogP contribution >= 0.6 is 23.1 Å². The number of nitrogens with zero attached hydrogens (tertiary/aromatic N) is 2. The van der Waals surface area contributed by atoms with Gasteiger partial charge in [-0.15, -0.1) is 23.1 Å². The number of aromatic hydroxyl groups is 1.